The van der Waals surface area contributed by atoms with Crippen molar-refractivity contribution < 1.29 is 18.4 Å². The Bertz CT molecular complexity index is 1030. The van der Waals surface area contributed by atoms with Crippen molar-refractivity contribution in [2.45, 2.75) is 31.3 Å². The lowest BCUT2D eigenvalue weighted by atomic mass is 10.0. The summed E-state index contributed by atoms with van der Waals surface area (Å²) in [6.45, 7) is -0.239. The van der Waals surface area contributed by atoms with E-state index in [1.807, 2.05) is 0 Å². The Morgan fingerprint density at radius 2 is 2.00 bits per heavy atom. The predicted octanol–water partition coefficient (Wildman–Crippen LogP) is 3.59. The lowest BCUT2D eigenvalue weighted by molar-refractivity contribution is -0.119. The van der Waals surface area contributed by atoms with E-state index in [4.69, 9.17) is 28.9 Å². The molecule has 2 fully saturated rings. The molecule has 1 saturated heterocycles. The average Bonchev–Trinajstić information content (AvgIpc) is 3.45. The van der Waals surface area contributed by atoms with E-state index in [-0.39, 0.29) is 24.2 Å². The third-order valence-corrected chi connectivity index (χ3v) is 5.69. The quantitative estimate of drug-likeness (QED) is 0.696. The number of primary amides is 1. The van der Waals surface area contributed by atoms with E-state index in [0.29, 0.717) is 16.5 Å². The first kappa shape index (κ1) is 19.8. The molecule has 1 aliphatic carbocycles. The Hall–Kier alpha value is -2.45. The number of hydrogen-bond donors (Lipinski definition) is 2. The number of hydrogen-bond acceptors (Lipinski definition) is 3. The topological polar surface area (TPSA) is 88.3 Å². The number of urea groups is 1. The monoisotopic (exact) mass is 440 g/mol. The Balaban J connectivity index is 1.68. The first-order valence-corrected chi connectivity index (χ1v) is 9.68. The molecule has 29 heavy (non-hydrogen) atoms. The van der Waals surface area contributed by atoms with Crippen molar-refractivity contribution in [2.24, 2.45) is 5.73 Å². The normalized spacial score (nSPS) is 18.8. The number of carbonyl (C=O) groups is 2. The van der Waals surface area contributed by atoms with Gasteiger partial charge in [0.1, 0.15) is 16.9 Å². The molecule has 1 atom stereocenters. The largest absolute Gasteiger partial charge is 0.368 e. The van der Waals surface area contributed by atoms with Crippen LogP contribution in [0.1, 0.15) is 30.0 Å². The first-order valence-electron chi connectivity index (χ1n) is 8.93. The summed E-state index contributed by atoms with van der Waals surface area (Å²) in [5, 5.41) is 2.12. The highest BCUT2D eigenvalue weighted by molar-refractivity contribution is 6.32. The van der Waals surface area contributed by atoms with E-state index < -0.39 is 34.6 Å². The van der Waals surface area contributed by atoms with Gasteiger partial charge in [0.05, 0.1) is 23.8 Å². The molecule has 1 aromatic heterocycles. The molecule has 152 valence electrons. The second kappa shape index (κ2) is 7.42. The molecule has 3 N–H and O–H groups in total. The van der Waals surface area contributed by atoms with Gasteiger partial charge in [0, 0.05) is 28.8 Å². The predicted molar refractivity (Wildman–Crippen MR) is 104 cm³/mol. The number of amides is 3. The molecule has 0 radical (unpaired) electrons. The van der Waals surface area contributed by atoms with Crippen LogP contribution in [0.25, 0.3) is 11.1 Å². The number of pyridine rings is 1. The number of nitrogens with one attached hydrogen (secondary N) is 1. The van der Waals surface area contributed by atoms with Crippen molar-refractivity contribution in [1.29, 1.82) is 0 Å². The van der Waals surface area contributed by atoms with Crippen LogP contribution in [-0.2, 0) is 11.3 Å². The second-order valence-corrected chi connectivity index (χ2v) is 7.96. The van der Waals surface area contributed by atoms with Crippen LogP contribution >= 0.6 is 23.2 Å². The first-order chi connectivity index (χ1) is 13.8. The number of rotatable bonds is 5. The van der Waals surface area contributed by atoms with Crippen molar-refractivity contribution in [2.75, 3.05) is 6.54 Å². The molecule has 2 aliphatic rings. The highest BCUT2D eigenvalue weighted by Gasteiger charge is 2.33. The van der Waals surface area contributed by atoms with Gasteiger partial charge >= 0.3 is 6.03 Å². The summed E-state index contributed by atoms with van der Waals surface area (Å²) in [4.78, 5) is 28.8. The minimum absolute atomic E-state index is 0.00550. The molecule has 2 heterocycles. The number of aromatic nitrogens is 1. The molecule has 2 aromatic rings. The maximum atomic E-state index is 14.7. The highest BCUT2D eigenvalue weighted by atomic mass is 35.5. The van der Waals surface area contributed by atoms with E-state index in [0.717, 1.165) is 18.5 Å². The molecule has 1 aliphatic heterocycles. The Morgan fingerprint density at radius 1 is 1.28 bits per heavy atom. The second-order valence-electron chi connectivity index (χ2n) is 7.18. The zero-order chi connectivity index (χ0) is 20.9. The SMILES string of the molecule is NC(=O)[C@H]1CN(Cc2cc(-c3cnc(C4CC4)c(Cl)c3)c(F)c(Cl)c2F)C(=O)N1. The molecule has 4 rings (SSSR count). The summed E-state index contributed by atoms with van der Waals surface area (Å²) in [6.07, 6.45) is 3.50. The van der Waals surface area contributed by atoms with Gasteiger partial charge in [-0.3, -0.25) is 9.78 Å². The van der Waals surface area contributed by atoms with Gasteiger partial charge in [0.2, 0.25) is 5.91 Å². The van der Waals surface area contributed by atoms with Crippen molar-refractivity contribution >= 4 is 35.1 Å². The van der Waals surface area contributed by atoms with Crippen LogP contribution in [0.2, 0.25) is 10.0 Å². The molecule has 3 amide bonds. The summed E-state index contributed by atoms with van der Waals surface area (Å²) < 4.78 is 29.3. The van der Waals surface area contributed by atoms with E-state index in [1.165, 1.54) is 17.2 Å². The Kier molecular flexibility index (Phi) is 5.08. The van der Waals surface area contributed by atoms with Crippen LogP contribution in [0.15, 0.2) is 18.3 Å². The fraction of sp³-hybridized carbons (Fsp3) is 0.316. The number of nitrogens with zero attached hydrogens (tertiary/aromatic N) is 2. The minimum atomic E-state index is -0.975. The van der Waals surface area contributed by atoms with Gasteiger partial charge in [-0.25, -0.2) is 13.6 Å². The van der Waals surface area contributed by atoms with Crippen LogP contribution in [-0.4, -0.2) is 34.4 Å². The van der Waals surface area contributed by atoms with Gasteiger partial charge in [0.25, 0.3) is 0 Å². The third-order valence-electron chi connectivity index (χ3n) is 5.06. The van der Waals surface area contributed by atoms with E-state index >= 15 is 0 Å². The maximum absolute atomic E-state index is 14.7. The van der Waals surface area contributed by atoms with Crippen LogP contribution in [0.3, 0.4) is 0 Å². The van der Waals surface area contributed by atoms with E-state index in [2.05, 4.69) is 10.3 Å². The summed E-state index contributed by atoms with van der Waals surface area (Å²) in [6, 6.07) is 1.39. The summed E-state index contributed by atoms with van der Waals surface area (Å²) >= 11 is 12.2. The molecule has 1 saturated carbocycles. The molecule has 0 spiro atoms. The highest BCUT2D eigenvalue weighted by Crippen LogP contribution is 2.43. The van der Waals surface area contributed by atoms with Gasteiger partial charge in [-0.2, -0.15) is 0 Å². The van der Waals surface area contributed by atoms with Gasteiger partial charge in [-0.1, -0.05) is 23.2 Å². The fourth-order valence-electron chi connectivity index (χ4n) is 3.33. The lowest BCUT2D eigenvalue weighted by Gasteiger charge is -2.17. The number of halogens is 4. The third kappa shape index (κ3) is 3.74. The van der Waals surface area contributed by atoms with Gasteiger partial charge in [0.15, 0.2) is 5.82 Å². The maximum Gasteiger partial charge on any atom is 0.318 e. The molecule has 0 bridgehead atoms. The van der Waals surface area contributed by atoms with Crippen molar-refractivity contribution in [3.63, 3.8) is 0 Å². The molecular weight excluding hydrogens is 425 g/mol. The Labute approximate surface area is 175 Å². The fourth-order valence-corrected chi connectivity index (χ4v) is 3.87. The zero-order valence-electron chi connectivity index (χ0n) is 15.0. The van der Waals surface area contributed by atoms with Gasteiger partial charge in [-0.05, 0) is 25.0 Å². The summed E-state index contributed by atoms with van der Waals surface area (Å²) in [7, 11) is 0. The van der Waals surface area contributed by atoms with Crippen LogP contribution in [0, 0.1) is 11.6 Å². The Morgan fingerprint density at radius 3 is 2.59 bits per heavy atom. The van der Waals surface area contributed by atoms with Crippen molar-refractivity contribution in [1.82, 2.24) is 15.2 Å². The number of benzene rings is 1. The van der Waals surface area contributed by atoms with Crippen LogP contribution in [0.5, 0.6) is 0 Å². The smallest absolute Gasteiger partial charge is 0.318 e. The minimum Gasteiger partial charge on any atom is -0.368 e. The molecule has 0 unspecified atom stereocenters. The van der Waals surface area contributed by atoms with Gasteiger partial charge in [-0.15, -0.1) is 0 Å². The van der Waals surface area contributed by atoms with E-state index in [9.17, 15) is 18.4 Å². The summed E-state index contributed by atoms with van der Waals surface area (Å²) in [5.41, 5.74) is 6.32. The zero-order valence-corrected chi connectivity index (χ0v) is 16.5. The standard InChI is InChI=1S/C19H16Cl2F2N4O2/c20-12-4-9(5-25-17(12)8-1-2-8)11-3-10(15(22)14(21)16(11)23)6-27-7-13(18(24)28)26-19(27)29/h3-5,8,13H,1-2,6-7H2,(H2,24,28)(H,26,29)/t13-/m1/s1. The number of carbonyl (C=O) groups excluding carboxylic acids is 2. The van der Waals surface area contributed by atoms with Crippen LogP contribution < -0.4 is 11.1 Å². The lowest BCUT2D eigenvalue weighted by Crippen LogP contribution is -2.39. The molecular formula is C19H16Cl2F2N4O2. The average molecular weight is 441 g/mol. The summed E-state index contributed by atoms with van der Waals surface area (Å²) in [5.74, 6) is -2.29. The van der Waals surface area contributed by atoms with Gasteiger partial charge < -0.3 is 16.0 Å². The molecule has 6 nitrogen and oxygen atoms in total. The molecule has 1 aromatic carbocycles. The van der Waals surface area contributed by atoms with Crippen molar-refractivity contribution in [3.8, 4) is 11.1 Å². The molecule has 10 heteroatoms. The van der Waals surface area contributed by atoms with Crippen molar-refractivity contribution in [3.05, 3.63) is 51.3 Å². The number of nitrogens with two attached hydrogens (primary N) is 1. The van der Waals surface area contributed by atoms with E-state index in [1.54, 1.807) is 6.07 Å². The van der Waals surface area contributed by atoms with Crippen LogP contribution in [0.4, 0.5) is 13.6 Å².